The van der Waals surface area contributed by atoms with Gasteiger partial charge in [-0.3, -0.25) is 9.59 Å². The minimum Gasteiger partial charge on any atom is -0.337 e. The summed E-state index contributed by atoms with van der Waals surface area (Å²) in [6, 6.07) is 9.95. The lowest BCUT2D eigenvalue weighted by Crippen LogP contribution is -2.37. The Hall–Kier alpha value is -2.12. The van der Waals surface area contributed by atoms with Crippen molar-refractivity contribution in [2.45, 2.75) is 11.7 Å². The zero-order valence-electron chi connectivity index (χ0n) is 14.3. The molecule has 1 fully saturated rings. The summed E-state index contributed by atoms with van der Waals surface area (Å²) >= 11 is 6.18. The number of pyridine rings is 1. The summed E-state index contributed by atoms with van der Waals surface area (Å²) in [5.41, 5.74) is 0.204. The molecule has 0 bridgehead atoms. The molecule has 1 atom stereocenters. The number of carbonyl (C=O) groups excluding carboxylic acids is 1. The quantitative estimate of drug-likeness (QED) is 0.781. The van der Waals surface area contributed by atoms with E-state index in [1.54, 1.807) is 43.6 Å². The minimum atomic E-state index is -3.46. The number of nitrogens with zero attached hydrogens (tertiary/aromatic N) is 2. The Balaban J connectivity index is 1.89. The second-order valence-corrected chi connectivity index (χ2v) is 9.01. The Morgan fingerprint density at radius 1 is 1.15 bits per heavy atom. The fraction of sp³-hybridized carbons (Fsp3) is 0.333. The number of rotatable bonds is 2. The highest BCUT2D eigenvalue weighted by Crippen LogP contribution is 2.33. The number of hydrogen-bond donors (Lipinski definition) is 0. The van der Waals surface area contributed by atoms with E-state index in [4.69, 9.17) is 11.6 Å². The average Bonchev–Trinajstić information content (AvgIpc) is 2.76. The second-order valence-electron chi connectivity index (χ2n) is 6.30. The standard InChI is InChI=1S/C18H19ClN2O4S/c1-20-9-4-6-14(17(20)22)18(23)21-10-8-16(26(24,25)12-11-21)13-5-2-3-7-15(13)19/h2-7,9,16H,8,10-12H2,1H3. The van der Waals surface area contributed by atoms with Crippen LogP contribution in [0, 0.1) is 0 Å². The highest BCUT2D eigenvalue weighted by atomic mass is 35.5. The summed E-state index contributed by atoms with van der Waals surface area (Å²) in [5, 5.41) is -0.356. The van der Waals surface area contributed by atoms with Gasteiger partial charge < -0.3 is 9.47 Å². The van der Waals surface area contributed by atoms with Gasteiger partial charge in [0, 0.05) is 31.4 Å². The lowest BCUT2D eigenvalue weighted by molar-refractivity contribution is 0.0764. The molecule has 2 heterocycles. The van der Waals surface area contributed by atoms with Crippen LogP contribution >= 0.6 is 11.6 Å². The third kappa shape index (κ3) is 3.54. The molecule has 8 heteroatoms. The van der Waals surface area contributed by atoms with E-state index in [1.165, 1.54) is 15.5 Å². The number of aryl methyl sites for hydroxylation is 1. The van der Waals surface area contributed by atoms with E-state index in [9.17, 15) is 18.0 Å². The predicted molar refractivity (Wildman–Crippen MR) is 100 cm³/mol. The van der Waals surface area contributed by atoms with Crippen LogP contribution in [0.2, 0.25) is 5.02 Å². The zero-order valence-corrected chi connectivity index (χ0v) is 15.8. The van der Waals surface area contributed by atoms with Gasteiger partial charge >= 0.3 is 0 Å². The van der Waals surface area contributed by atoms with Gasteiger partial charge in [0.05, 0.1) is 11.0 Å². The second kappa shape index (κ2) is 7.25. The molecule has 1 unspecified atom stereocenters. The monoisotopic (exact) mass is 394 g/mol. The fourth-order valence-corrected chi connectivity index (χ4v) is 5.31. The van der Waals surface area contributed by atoms with Crippen molar-refractivity contribution in [3.63, 3.8) is 0 Å². The molecule has 1 aliphatic rings. The van der Waals surface area contributed by atoms with E-state index in [-0.39, 0.29) is 30.8 Å². The van der Waals surface area contributed by atoms with E-state index in [0.717, 1.165) is 0 Å². The van der Waals surface area contributed by atoms with Crippen molar-refractivity contribution in [1.29, 1.82) is 0 Å². The van der Waals surface area contributed by atoms with Crippen molar-refractivity contribution in [1.82, 2.24) is 9.47 Å². The van der Waals surface area contributed by atoms with E-state index in [1.807, 2.05) is 0 Å². The van der Waals surface area contributed by atoms with Crippen LogP contribution in [0.5, 0.6) is 0 Å². The molecule has 1 amide bonds. The number of hydrogen-bond acceptors (Lipinski definition) is 4. The predicted octanol–water partition coefficient (Wildman–Crippen LogP) is 2.04. The molecule has 0 radical (unpaired) electrons. The molecule has 1 aliphatic heterocycles. The van der Waals surface area contributed by atoms with Gasteiger partial charge in [0.15, 0.2) is 9.84 Å². The zero-order chi connectivity index (χ0) is 18.9. The van der Waals surface area contributed by atoms with Gasteiger partial charge in [-0.05, 0) is 30.2 Å². The summed E-state index contributed by atoms with van der Waals surface area (Å²) in [4.78, 5) is 26.4. The Bertz CT molecular complexity index is 1000. The average molecular weight is 395 g/mol. The molecule has 3 rings (SSSR count). The first kappa shape index (κ1) is 18.7. The van der Waals surface area contributed by atoms with E-state index >= 15 is 0 Å². The van der Waals surface area contributed by atoms with Crippen molar-refractivity contribution in [3.05, 3.63) is 69.1 Å². The Morgan fingerprint density at radius 2 is 1.88 bits per heavy atom. The van der Waals surface area contributed by atoms with Crippen LogP contribution < -0.4 is 5.56 Å². The largest absolute Gasteiger partial charge is 0.337 e. The lowest BCUT2D eigenvalue weighted by Gasteiger charge is -2.20. The third-order valence-electron chi connectivity index (χ3n) is 4.63. The van der Waals surface area contributed by atoms with Crippen molar-refractivity contribution in [2.24, 2.45) is 7.05 Å². The molecule has 1 aromatic carbocycles. The maximum absolute atomic E-state index is 12.7. The van der Waals surface area contributed by atoms with E-state index < -0.39 is 26.6 Å². The summed E-state index contributed by atoms with van der Waals surface area (Å²) in [6.45, 7) is 0.298. The van der Waals surface area contributed by atoms with Crippen LogP contribution in [0.4, 0.5) is 0 Å². The van der Waals surface area contributed by atoms with Gasteiger partial charge in [-0.1, -0.05) is 29.8 Å². The molecule has 0 N–H and O–H groups in total. The molecule has 2 aromatic rings. The SMILES string of the molecule is Cn1cccc(C(=O)N2CCC(c3ccccc3Cl)S(=O)(=O)CC2)c1=O. The minimum absolute atomic E-state index is 0.0450. The van der Waals surface area contributed by atoms with Crippen LogP contribution in [0.25, 0.3) is 0 Å². The molecule has 0 aliphatic carbocycles. The Kier molecular flexibility index (Phi) is 5.20. The highest BCUT2D eigenvalue weighted by Gasteiger charge is 2.34. The summed E-state index contributed by atoms with van der Waals surface area (Å²) in [6.07, 6.45) is 1.81. The molecule has 0 spiro atoms. The normalized spacial score (nSPS) is 19.8. The molecular weight excluding hydrogens is 376 g/mol. The molecule has 1 saturated heterocycles. The number of halogens is 1. The highest BCUT2D eigenvalue weighted by molar-refractivity contribution is 7.91. The van der Waals surface area contributed by atoms with Gasteiger partial charge in [0.25, 0.3) is 11.5 Å². The van der Waals surface area contributed by atoms with Gasteiger partial charge in [0.2, 0.25) is 0 Å². The van der Waals surface area contributed by atoms with Crippen molar-refractivity contribution < 1.29 is 13.2 Å². The summed E-state index contributed by atoms with van der Waals surface area (Å²) < 4.78 is 26.8. The molecule has 0 saturated carbocycles. The van der Waals surface area contributed by atoms with Crippen molar-refractivity contribution in [3.8, 4) is 0 Å². The van der Waals surface area contributed by atoms with E-state index in [2.05, 4.69) is 0 Å². The topological polar surface area (TPSA) is 76.5 Å². The number of carbonyl (C=O) groups is 1. The number of benzene rings is 1. The van der Waals surface area contributed by atoms with Gasteiger partial charge in [-0.15, -0.1) is 0 Å². The fourth-order valence-electron chi connectivity index (χ4n) is 3.16. The maximum Gasteiger partial charge on any atom is 0.263 e. The van der Waals surface area contributed by atoms with Gasteiger partial charge in [-0.2, -0.15) is 0 Å². The number of sulfone groups is 1. The van der Waals surface area contributed by atoms with Crippen LogP contribution in [0.15, 0.2) is 47.4 Å². The molecule has 26 heavy (non-hydrogen) atoms. The first-order valence-corrected chi connectivity index (χ1v) is 10.3. The van der Waals surface area contributed by atoms with Crippen molar-refractivity contribution in [2.75, 3.05) is 18.8 Å². The molecule has 138 valence electrons. The summed E-state index contributed by atoms with van der Waals surface area (Å²) in [7, 11) is -1.90. The molecule has 6 nitrogen and oxygen atoms in total. The lowest BCUT2D eigenvalue weighted by atomic mass is 10.1. The van der Waals surface area contributed by atoms with Crippen LogP contribution in [-0.4, -0.2) is 42.6 Å². The number of amides is 1. The van der Waals surface area contributed by atoms with Gasteiger partial charge in [-0.25, -0.2) is 8.42 Å². The third-order valence-corrected chi connectivity index (χ3v) is 7.09. The number of aromatic nitrogens is 1. The van der Waals surface area contributed by atoms with Gasteiger partial charge in [0.1, 0.15) is 5.56 Å². The smallest absolute Gasteiger partial charge is 0.263 e. The summed E-state index contributed by atoms with van der Waals surface area (Å²) in [5.74, 6) is -0.608. The maximum atomic E-state index is 12.7. The molecular formula is C18H19ClN2O4S. The Labute approximate surface area is 156 Å². The Morgan fingerprint density at radius 3 is 2.62 bits per heavy atom. The van der Waals surface area contributed by atoms with Crippen LogP contribution in [-0.2, 0) is 16.9 Å². The first-order chi connectivity index (χ1) is 12.3. The molecule has 1 aromatic heterocycles. The first-order valence-electron chi connectivity index (χ1n) is 8.22. The van der Waals surface area contributed by atoms with E-state index in [0.29, 0.717) is 10.6 Å². The van der Waals surface area contributed by atoms with Crippen LogP contribution in [0.3, 0.4) is 0 Å². The van der Waals surface area contributed by atoms with Crippen molar-refractivity contribution >= 4 is 27.3 Å². The van der Waals surface area contributed by atoms with Crippen LogP contribution in [0.1, 0.15) is 27.6 Å².